The number of benzene rings is 1. The number of alkyl halides is 3. The summed E-state index contributed by atoms with van der Waals surface area (Å²) in [5.74, 6) is -2.72. The predicted octanol–water partition coefficient (Wildman–Crippen LogP) is 4.13. The number of aliphatic carboxylic acids is 1. The number of guanidine groups is 1. The van der Waals surface area contributed by atoms with E-state index in [1.165, 1.54) is 17.0 Å². The van der Waals surface area contributed by atoms with Gasteiger partial charge in [0.05, 0.1) is 12.5 Å². The van der Waals surface area contributed by atoms with Gasteiger partial charge in [-0.05, 0) is 57.2 Å². The van der Waals surface area contributed by atoms with Crippen molar-refractivity contribution in [2.75, 3.05) is 6.54 Å². The highest BCUT2D eigenvalue weighted by molar-refractivity contribution is 5.99. The molecule has 1 aromatic carbocycles. The summed E-state index contributed by atoms with van der Waals surface area (Å²) in [4.78, 5) is 36.1. The molecule has 1 saturated carbocycles. The fraction of sp³-hybridized carbons (Fsp3) is 0.615. The van der Waals surface area contributed by atoms with Crippen molar-refractivity contribution in [1.29, 1.82) is 5.41 Å². The normalized spacial score (nSPS) is 24.8. The first-order valence-electron chi connectivity index (χ1n) is 12.8. The predicted molar refractivity (Wildman–Crippen MR) is 132 cm³/mol. The van der Waals surface area contributed by atoms with Crippen LogP contribution < -0.4 is 15.4 Å². The maximum Gasteiger partial charge on any atom is 0.490 e. The molecule has 1 unspecified atom stereocenters. The molecule has 9 nitrogen and oxygen atoms in total. The van der Waals surface area contributed by atoms with Crippen LogP contribution in [0.4, 0.5) is 17.6 Å². The number of nitrogens with zero attached hydrogens (tertiary/aromatic N) is 1. The zero-order chi connectivity index (χ0) is 29.3. The van der Waals surface area contributed by atoms with Crippen molar-refractivity contribution < 1.29 is 41.8 Å². The third-order valence-electron chi connectivity index (χ3n) is 7.46. The third-order valence-corrected chi connectivity index (χ3v) is 7.46. The van der Waals surface area contributed by atoms with E-state index >= 15 is 0 Å². The highest BCUT2D eigenvalue weighted by Crippen LogP contribution is 2.43. The second-order valence-electron chi connectivity index (χ2n) is 10.9. The standard InChI is InChI=1S/C24H33FN4O3.C2HF3O2/c1-5-24(6-2)12-20(30)29(22(26)28-24)13-14-9-16(14)21(31)27-18-11-23(3,4)32-19-8-7-15(25)10-17(18)19;3-2(4,5)1(6)7/h7-8,10,14,16,18H,5-6,9,11-13H2,1-4H3,(H2,26,28)(H,27,31);(H,6,7)/t14-,16+,18?;/m0./s1. The van der Waals surface area contributed by atoms with E-state index in [1.54, 1.807) is 6.07 Å². The van der Waals surface area contributed by atoms with Gasteiger partial charge in [-0.2, -0.15) is 13.2 Å². The van der Waals surface area contributed by atoms with Crippen molar-refractivity contribution >= 4 is 23.7 Å². The summed E-state index contributed by atoms with van der Waals surface area (Å²) in [5, 5.41) is 21.8. The molecular formula is C26H34F4N4O5. The van der Waals surface area contributed by atoms with E-state index < -0.39 is 17.7 Å². The van der Waals surface area contributed by atoms with E-state index in [2.05, 4.69) is 10.6 Å². The summed E-state index contributed by atoms with van der Waals surface area (Å²) in [6.07, 6.45) is -1.93. The van der Waals surface area contributed by atoms with E-state index in [4.69, 9.17) is 20.0 Å². The Labute approximate surface area is 223 Å². The number of fused-ring (bicyclic) bond motifs is 1. The van der Waals surface area contributed by atoms with Gasteiger partial charge in [0.15, 0.2) is 5.96 Å². The molecule has 13 heteroatoms. The van der Waals surface area contributed by atoms with E-state index in [0.29, 0.717) is 37.1 Å². The van der Waals surface area contributed by atoms with Gasteiger partial charge in [0.1, 0.15) is 17.2 Å². The van der Waals surface area contributed by atoms with E-state index in [0.717, 1.165) is 12.8 Å². The molecule has 0 radical (unpaired) electrons. The smallest absolute Gasteiger partial charge is 0.487 e. The van der Waals surface area contributed by atoms with Crippen LogP contribution in [0.1, 0.15) is 71.4 Å². The highest BCUT2D eigenvalue weighted by atomic mass is 19.4. The number of ether oxygens (including phenoxy) is 1. The van der Waals surface area contributed by atoms with Crippen LogP contribution in [-0.2, 0) is 14.4 Å². The minimum Gasteiger partial charge on any atom is -0.487 e. The first-order chi connectivity index (χ1) is 18.0. The average Bonchev–Trinajstić information content (AvgIpc) is 3.60. The molecular weight excluding hydrogens is 524 g/mol. The number of amides is 2. The zero-order valence-corrected chi connectivity index (χ0v) is 22.2. The molecule has 2 aliphatic heterocycles. The molecule has 1 saturated heterocycles. The molecule has 39 heavy (non-hydrogen) atoms. The Hall–Kier alpha value is -3.38. The second kappa shape index (κ2) is 11.0. The number of carbonyl (C=O) groups is 3. The second-order valence-corrected chi connectivity index (χ2v) is 10.9. The number of carboxylic acids is 1. The first kappa shape index (κ1) is 30.2. The van der Waals surface area contributed by atoms with Gasteiger partial charge in [-0.15, -0.1) is 0 Å². The van der Waals surface area contributed by atoms with Gasteiger partial charge < -0.3 is 20.5 Å². The third kappa shape index (κ3) is 7.18. The molecule has 3 atom stereocenters. The van der Waals surface area contributed by atoms with Gasteiger partial charge in [0.25, 0.3) is 0 Å². The molecule has 0 bridgehead atoms. The molecule has 2 fully saturated rings. The lowest BCUT2D eigenvalue weighted by molar-refractivity contribution is -0.192. The minimum absolute atomic E-state index is 0.0247. The van der Waals surface area contributed by atoms with Crippen LogP contribution in [0.5, 0.6) is 5.75 Å². The van der Waals surface area contributed by atoms with Crippen LogP contribution in [0.25, 0.3) is 0 Å². The fourth-order valence-corrected chi connectivity index (χ4v) is 4.98. The summed E-state index contributed by atoms with van der Waals surface area (Å²) in [6, 6.07) is 4.06. The van der Waals surface area contributed by atoms with Crippen LogP contribution in [-0.4, -0.2) is 57.6 Å². The maximum absolute atomic E-state index is 13.8. The van der Waals surface area contributed by atoms with Crippen molar-refractivity contribution in [2.24, 2.45) is 11.8 Å². The summed E-state index contributed by atoms with van der Waals surface area (Å²) in [5.41, 5.74) is -0.163. The van der Waals surface area contributed by atoms with Gasteiger partial charge in [0, 0.05) is 30.0 Å². The molecule has 2 heterocycles. The highest BCUT2D eigenvalue weighted by Gasteiger charge is 2.48. The lowest BCUT2D eigenvalue weighted by Crippen LogP contribution is -2.62. The van der Waals surface area contributed by atoms with E-state index in [1.807, 2.05) is 27.7 Å². The molecule has 4 N–H and O–H groups in total. The Morgan fingerprint density at radius 1 is 1.26 bits per heavy atom. The largest absolute Gasteiger partial charge is 0.490 e. The SMILES string of the molecule is CCC1(CC)CC(=O)N(C[C@@H]2C[C@H]2C(=O)NC2CC(C)(C)Oc3ccc(F)cc32)C(=N)N1.O=C(O)C(F)(F)F. The topological polar surface area (TPSA) is 132 Å². The van der Waals surface area contributed by atoms with Crippen molar-refractivity contribution in [3.05, 3.63) is 29.6 Å². The minimum atomic E-state index is -5.08. The van der Waals surface area contributed by atoms with Gasteiger partial charge in [0.2, 0.25) is 11.8 Å². The summed E-state index contributed by atoms with van der Waals surface area (Å²) >= 11 is 0. The van der Waals surface area contributed by atoms with Crippen molar-refractivity contribution in [3.63, 3.8) is 0 Å². The summed E-state index contributed by atoms with van der Waals surface area (Å²) < 4.78 is 51.5. The van der Waals surface area contributed by atoms with Crippen molar-refractivity contribution in [3.8, 4) is 5.75 Å². The van der Waals surface area contributed by atoms with Crippen molar-refractivity contribution in [2.45, 2.75) is 83.2 Å². The Kier molecular flexibility index (Phi) is 8.51. The van der Waals surface area contributed by atoms with Gasteiger partial charge in [-0.3, -0.25) is 19.9 Å². The number of halogens is 4. The number of nitrogens with one attached hydrogen (secondary N) is 3. The molecule has 2 amide bonds. The Morgan fingerprint density at radius 3 is 2.41 bits per heavy atom. The lowest BCUT2D eigenvalue weighted by Gasteiger charge is -2.42. The lowest BCUT2D eigenvalue weighted by atomic mass is 9.87. The number of rotatable bonds is 6. The molecule has 0 aromatic heterocycles. The van der Waals surface area contributed by atoms with E-state index in [-0.39, 0.29) is 47.0 Å². The van der Waals surface area contributed by atoms with Crippen LogP contribution in [0.15, 0.2) is 18.2 Å². The van der Waals surface area contributed by atoms with Crippen molar-refractivity contribution in [1.82, 2.24) is 15.5 Å². The Morgan fingerprint density at radius 2 is 1.87 bits per heavy atom. The molecule has 0 spiro atoms. The van der Waals surface area contributed by atoms with Crippen LogP contribution in [0.3, 0.4) is 0 Å². The van der Waals surface area contributed by atoms with Gasteiger partial charge in [-0.1, -0.05) is 13.8 Å². The molecule has 1 aromatic rings. The average molecular weight is 559 g/mol. The zero-order valence-electron chi connectivity index (χ0n) is 22.2. The molecule has 4 rings (SSSR count). The van der Waals surface area contributed by atoms with Crippen LogP contribution >= 0.6 is 0 Å². The Balaban J connectivity index is 0.000000532. The molecule has 3 aliphatic rings. The van der Waals surface area contributed by atoms with Gasteiger partial charge >= 0.3 is 12.1 Å². The Bertz CT molecular complexity index is 1120. The molecule has 1 aliphatic carbocycles. The van der Waals surface area contributed by atoms with Crippen LogP contribution in [0, 0.1) is 23.1 Å². The monoisotopic (exact) mass is 558 g/mol. The summed E-state index contributed by atoms with van der Waals surface area (Å²) in [7, 11) is 0. The number of hydrogen-bond acceptors (Lipinski definition) is 5. The quantitative estimate of drug-likeness (QED) is 0.389. The summed E-state index contributed by atoms with van der Waals surface area (Å²) in [6.45, 7) is 8.32. The first-order valence-corrected chi connectivity index (χ1v) is 12.8. The molecule has 216 valence electrons. The van der Waals surface area contributed by atoms with E-state index in [9.17, 15) is 27.2 Å². The van der Waals surface area contributed by atoms with Gasteiger partial charge in [-0.25, -0.2) is 9.18 Å². The number of hydrogen-bond donors (Lipinski definition) is 4. The van der Waals surface area contributed by atoms with Crippen LogP contribution in [0.2, 0.25) is 0 Å². The number of carbonyl (C=O) groups excluding carboxylic acids is 2. The number of carboxylic acid groups (broad SMARTS) is 1. The maximum atomic E-state index is 13.8. The fourth-order valence-electron chi connectivity index (χ4n) is 4.98.